The van der Waals surface area contributed by atoms with E-state index in [4.69, 9.17) is 4.74 Å². The van der Waals surface area contributed by atoms with E-state index in [0.29, 0.717) is 18.1 Å². The zero-order chi connectivity index (χ0) is 16.0. The second-order valence-electron chi connectivity index (χ2n) is 6.85. The summed E-state index contributed by atoms with van der Waals surface area (Å²) in [5.74, 6) is 0.969. The maximum absolute atomic E-state index is 9.85. The molecule has 0 amide bonds. The van der Waals surface area contributed by atoms with Crippen molar-refractivity contribution in [3.05, 3.63) is 28.8 Å². The lowest BCUT2D eigenvalue weighted by Gasteiger charge is -2.39. The largest absolute Gasteiger partial charge is 0.496 e. The number of nitrogens with zero attached hydrogens (tertiary/aromatic N) is 2. The first-order chi connectivity index (χ1) is 10.4. The van der Waals surface area contributed by atoms with Crippen molar-refractivity contribution in [3.8, 4) is 5.75 Å². The first-order valence-electron chi connectivity index (χ1n) is 8.27. The molecule has 2 bridgehead atoms. The highest BCUT2D eigenvalue weighted by molar-refractivity contribution is 6.45. The Balaban J connectivity index is 1.79. The third-order valence-electron chi connectivity index (χ3n) is 5.75. The zero-order valence-corrected chi connectivity index (χ0v) is 14.3. The number of piperazine rings is 1. The van der Waals surface area contributed by atoms with Crippen LogP contribution in [0.1, 0.15) is 36.1 Å². The summed E-state index contributed by atoms with van der Waals surface area (Å²) < 4.78 is 5.43. The Kier molecular flexibility index (Phi) is 4.23. The average Bonchev–Trinajstić information content (AvgIpc) is 3.09. The van der Waals surface area contributed by atoms with Gasteiger partial charge in [-0.15, -0.1) is 0 Å². The Morgan fingerprint density at radius 1 is 1.23 bits per heavy atom. The Morgan fingerprint density at radius 2 is 1.95 bits per heavy atom. The minimum atomic E-state index is -0.322. The third kappa shape index (κ3) is 2.45. The molecule has 2 fully saturated rings. The van der Waals surface area contributed by atoms with E-state index in [1.807, 2.05) is 6.82 Å². The van der Waals surface area contributed by atoms with Crippen LogP contribution in [-0.4, -0.2) is 54.1 Å². The molecule has 0 unspecified atom stereocenters. The lowest BCUT2D eigenvalue weighted by molar-refractivity contribution is 0.130. The van der Waals surface area contributed by atoms with Crippen molar-refractivity contribution in [3.63, 3.8) is 0 Å². The second-order valence-corrected chi connectivity index (χ2v) is 6.85. The van der Waals surface area contributed by atoms with E-state index < -0.39 is 0 Å². The van der Waals surface area contributed by atoms with Crippen molar-refractivity contribution in [2.75, 3.05) is 20.2 Å². The van der Waals surface area contributed by atoms with Gasteiger partial charge in [-0.3, -0.25) is 4.90 Å². The maximum Gasteiger partial charge on any atom is 0.376 e. The highest BCUT2D eigenvalue weighted by Crippen LogP contribution is 2.39. The number of benzene rings is 1. The van der Waals surface area contributed by atoms with Gasteiger partial charge >= 0.3 is 7.05 Å². The van der Waals surface area contributed by atoms with Crippen LogP contribution in [-0.2, 0) is 0 Å². The van der Waals surface area contributed by atoms with Gasteiger partial charge in [0.05, 0.1) is 7.11 Å². The fourth-order valence-electron chi connectivity index (χ4n) is 4.33. The van der Waals surface area contributed by atoms with Crippen LogP contribution in [0.15, 0.2) is 12.1 Å². The highest BCUT2D eigenvalue weighted by Gasteiger charge is 2.46. The van der Waals surface area contributed by atoms with Crippen molar-refractivity contribution < 1.29 is 9.76 Å². The molecule has 4 nitrogen and oxygen atoms in total. The summed E-state index contributed by atoms with van der Waals surface area (Å²) in [6.45, 7) is 10.6. The molecule has 120 valence electrons. The van der Waals surface area contributed by atoms with E-state index in [9.17, 15) is 5.02 Å². The SMILES string of the molecule is COc1ccc([C@H](C)N2C[C@H]3C[C@H]2CN3B(C)O)c(C)c1C. The number of methoxy groups -OCH3 is 1. The highest BCUT2D eigenvalue weighted by atomic mass is 16.5. The topological polar surface area (TPSA) is 35.9 Å². The number of likely N-dealkylation sites (tertiary alicyclic amines) is 1. The van der Waals surface area contributed by atoms with Gasteiger partial charge in [-0.1, -0.05) is 6.07 Å². The molecule has 2 heterocycles. The molecule has 0 saturated carbocycles. The smallest absolute Gasteiger partial charge is 0.376 e. The molecule has 0 aromatic heterocycles. The first kappa shape index (κ1) is 15.8. The van der Waals surface area contributed by atoms with Crippen molar-refractivity contribution in [1.29, 1.82) is 0 Å². The van der Waals surface area contributed by atoms with Crippen LogP contribution in [0.4, 0.5) is 0 Å². The number of hydrogen-bond donors (Lipinski definition) is 1. The van der Waals surface area contributed by atoms with Crippen molar-refractivity contribution >= 4 is 7.05 Å². The molecule has 0 aliphatic carbocycles. The summed E-state index contributed by atoms with van der Waals surface area (Å²) in [6, 6.07) is 5.79. The van der Waals surface area contributed by atoms with Gasteiger partial charge in [-0.2, -0.15) is 0 Å². The predicted octanol–water partition coefficient (Wildman–Crippen LogP) is 2.24. The van der Waals surface area contributed by atoms with Crippen LogP contribution in [0.25, 0.3) is 0 Å². The molecule has 2 aliphatic rings. The van der Waals surface area contributed by atoms with Gasteiger partial charge in [0.2, 0.25) is 0 Å². The molecule has 1 aromatic carbocycles. The van der Waals surface area contributed by atoms with Gasteiger partial charge in [-0.05, 0) is 56.8 Å². The van der Waals surface area contributed by atoms with Gasteiger partial charge in [-0.25, -0.2) is 0 Å². The molecule has 2 aliphatic heterocycles. The van der Waals surface area contributed by atoms with Crippen LogP contribution in [0, 0.1) is 13.8 Å². The van der Waals surface area contributed by atoms with Crippen LogP contribution in [0.5, 0.6) is 5.75 Å². The molecule has 3 rings (SSSR count). The summed E-state index contributed by atoms with van der Waals surface area (Å²) in [5.41, 5.74) is 3.97. The number of rotatable bonds is 4. The van der Waals surface area contributed by atoms with Crippen LogP contribution >= 0.6 is 0 Å². The van der Waals surface area contributed by atoms with Gasteiger partial charge in [0.1, 0.15) is 5.75 Å². The van der Waals surface area contributed by atoms with Gasteiger partial charge in [0.25, 0.3) is 0 Å². The normalized spacial score (nSPS) is 26.5. The molecule has 0 radical (unpaired) electrons. The fourth-order valence-corrected chi connectivity index (χ4v) is 4.33. The Bertz CT molecular complexity index is 564. The van der Waals surface area contributed by atoms with Gasteiger partial charge in [0, 0.05) is 31.2 Å². The number of fused-ring (bicyclic) bond motifs is 2. The molecule has 2 saturated heterocycles. The minimum Gasteiger partial charge on any atom is -0.496 e. The third-order valence-corrected chi connectivity index (χ3v) is 5.75. The fraction of sp³-hybridized carbons (Fsp3) is 0.647. The van der Waals surface area contributed by atoms with Crippen molar-refractivity contribution in [1.82, 2.24) is 9.71 Å². The van der Waals surface area contributed by atoms with E-state index in [-0.39, 0.29) is 7.05 Å². The molecule has 0 spiro atoms. The summed E-state index contributed by atoms with van der Waals surface area (Å²) >= 11 is 0. The Morgan fingerprint density at radius 3 is 2.50 bits per heavy atom. The summed E-state index contributed by atoms with van der Waals surface area (Å²) in [4.78, 5) is 4.85. The van der Waals surface area contributed by atoms with Crippen molar-refractivity contribution in [2.24, 2.45) is 0 Å². The monoisotopic (exact) mass is 302 g/mol. The standard InChI is InChI=1S/C17H27BN2O2/c1-11-12(2)17(22-5)7-6-16(11)13(3)19-9-15-8-14(19)10-20(15)18(4)21/h6-7,13-15,21H,8-10H2,1-5H3/t13-,14-,15+/m0/s1. The quantitative estimate of drug-likeness (QED) is 0.865. The van der Waals surface area contributed by atoms with E-state index in [1.54, 1.807) is 7.11 Å². The maximum atomic E-state index is 9.85. The van der Waals surface area contributed by atoms with Crippen LogP contribution in [0.2, 0.25) is 6.82 Å². The minimum absolute atomic E-state index is 0.322. The van der Waals surface area contributed by atoms with Gasteiger partial charge in [0.15, 0.2) is 0 Å². The summed E-state index contributed by atoms with van der Waals surface area (Å²) in [5, 5.41) is 9.85. The lowest BCUT2D eigenvalue weighted by Crippen LogP contribution is -2.52. The van der Waals surface area contributed by atoms with E-state index in [1.165, 1.54) is 23.1 Å². The molecule has 5 heteroatoms. The van der Waals surface area contributed by atoms with Crippen LogP contribution < -0.4 is 4.74 Å². The number of hydrogen-bond acceptors (Lipinski definition) is 4. The molecule has 1 aromatic rings. The molecule has 1 N–H and O–H groups in total. The Hall–Kier alpha value is -1.04. The molecule has 22 heavy (non-hydrogen) atoms. The predicted molar refractivity (Wildman–Crippen MR) is 90.3 cm³/mol. The second kappa shape index (κ2) is 5.87. The molecule has 3 atom stereocenters. The lowest BCUT2D eigenvalue weighted by atomic mass is 9.83. The van der Waals surface area contributed by atoms with Crippen molar-refractivity contribution in [2.45, 2.75) is 52.1 Å². The summed E-state index contributed by atoms with van der Waals surface area (Å²) in [7, 11) is 1.41. The molecular formula is C17H27BN2O2. The average molecular weight is 302 g/mol. The zero-order valence-electron chi connectivity index (χ0n) is 14.3. The van der Waals surface area contributed by atoms with Crippen LogP contribution in [0.3, 0.4) is 0 Å². The Labute approximate surface area is 134 Å². The van der Waals surface area contributed by atoms with E-state index >= 15 is 0 Å². The van der Waals surface area contributed by atoms with E-state index in [2.05, 4.69) is 42.6 Å². The first-order valence-corrected chi connectivity index (χ1v) is 8.27. The van der Waals surface area contributed by atoms with Gasteiger partial charge < -0.3 is 14.6 Å². The number of ether oxygens (including phenoxy) is 1. The molecular weight excluding hydrogens is 275 g/mol. The van der Waals surface area contributed by atoms with E-state index in [0.717, 1.165) is 18.8 Å². The summed E-state index contributed by atoms with van der Waals surface area (Å²) in [6.07, 6.45) is 1.18.